The molecular weight excluding hydrogens is 629 g/mol. The number of carboxylic acids is 2. The molecule has 6 heterocycles. The van der Waals surface area contributed by atoms with Crippen molar-refractivity contribution in [3.63, 3.8) is 0 Å². The number of carbonyl (C=O) groups is 3. The van der Waals surface area contributed by atoms with Crippen molar-refractivity contribution in [2.75, 3.05) is 11.5 Å². The van der Waals surface area contributed by atoms with Crippen molar-refractivity contribution in [2.24, 2.45) is 17.8 Å². The van der Waals surface area contributed by atoms with Crippen LogP contribution in [0.25, 0.3) is 6.08 Å². The molecule has 6 rings (SSSR count). The fourth-order valence-electron chi connectivity index (χ4n) is 7.64. The van der Waals surface area contributed by atoms with Crippen LogP contribution in [0.3, 0.4) is 0 Å². The molecule has 13 heteroatoms. The minimum absolute atomic E-state index is 0.000326. The summed E-state index contributed by atoms with van der Waals surface area (Å²) in [6.07, 6.45) is 2.02. The highest BCUT2D eigenvalue weighted by molar-refractivity contribution is 8.11. The zero-order valence-electron chi connectivity index (χ0n) is 26.5. The maximum absolute atomic E-state index is 12.7. The molecule has 1 aromatic rings. The number of thiol groups is 1. The average molecular weight is 673 g/mol. The second kappa shape index (κ2) is 12.8. The van der Waals surface area contributed by atoms with Crippen molar-refractivity contribution in [1.82, 2.24) is 15.6 Å². The van der Waals surface area contributed by atoms with Crippen LogP contribution in [0.15, 0.2) is 27.3 Å². The molecule has 0 radical (unpaired) electrons. The van der Waals surface area contributed by atoms with Crippen LogP contribution in [0.1, 0.15) is 75.1 Å². The lowest BCUT2D eigenvalue weighted by atomic mass is 9.85. The molecule has 8 N–H and O–H groups in total. The summed E-state index contributed by atoms with van der Waals surface area (Å²) in [6, 6.07) is -0.547. The van der Waals surface area contributed by atoms with Gasteiger partial charge in [0.2, 0.25) is 5.91 Å². The minimum Gasteiger partial charge on any atom is -0.481 e. The van der Waals surface area contributed by atoms with Gasteiger partial charge in [-0.15, -0.1) is 11.8 Å². The Morgan fingerprint density at radius 1 is 1.11 bits per heavy atom. The number of allylic oxidation sites excluding steroid dienone is 1. The molecule has 3 saturated heterocycles. The average Bonchev–Trinajstić information content (AvgIpc) is 3.91. The van der Waals surface area contributed by atoms with Gasteiger partial charge in [-0.3, -0.25) is 14.4 Å². The first kappa shape index (κ1) is 32.8. The molecular formula is C33H44N4O7S2+2. The number of hydrogen-bond acceptors (Lipinski definition) is 6. The van der Waals surface area contributed by atoms with Gasteiger partial charge in [0.25, 0.3) is 0 Å². The number of nitrogens with one attached hydrogen (secondary N) is 4. The summed E-state index contributed by atoms with van der Waals surface area (Å²) in [5.41, 5.74) is 6.43. The summed E-state index contributed by atoms with van der Waals surface area (Å²) in [6.45, 7) is 7.91. The van der Waals surface area contributed by atoms with Gasteiger partial charge < -0.3 is 36.0 Å². The summed E-state index contributed by atoms with van der Waals surface area (Å²) in [5.74, 6) is 0.257. The number of aliphatic hydroxyl groups is 2. The zero-order chi connectivity index (χ0) is 33.0. The number of aromatic nitrogens is 1. The molecule has 3 fully saturated rings. The number of carboxylic acid groups (broad SMARTS) is 2. The molecule has 46 heavy (non-hydrogen) atoms. The molecule has 0 aromatic carbocycles. The van der Waals surface area contributed by atoms with Gasteiger partial charge in [0.15, 0.2) is 17.0 Å². The lowest BCUT2D eigenvalue weighted by molar-refractivity contribution is -0.508. The summed E-state index contributed by atoms with van der Waals surface area (Å²) >= 11 is 3.04. The lowest BCUT2D eigenvalue weighted by Gasteiger charge is -2.23. The number of aliphatic hydroxyl groups excluding tert-OH is 2. The maximum Gasteiger partial charge on any atom is 0.363 e. The molecule has 0 aliphatic carbocycles. The molecule has 0 bridgehead atoms. The van der Waals surface area contributed by atoms with Crippen molar-refractivity contribution < 1.29 is 39.8 Å². The monoisotopic (exact) mass is 672 g/mol. The SMILES string of the molecule is CC1=C(CCC(=O)O)/C(=C\c2[nH]c([C@H](O)C3NC(=O)[C@H](C)[C@H]3[C@@H]3C[SH+]3)c(C)c2CCC(=O)O)NC1C[C@H]1[NH+]=C(O)/C(=C2\CS2)C1C. The third-order valence-corrected chi connectivity index (χ3v) is 12.4. The van der Waals surface area contributed by atoms with E-state index in [0.717, 1.165) is 45.0 Å². The number of carbonyl (C=O) groups excluding carboxylic acids is 1. The number of H-pyrrole nitrogens is 1. The Bertz CT molecular complexity index is 1580. The molecule has 1 amide bonds. The highest BCUT2D eigenvalue weighted by Crippen LogP contribution is 2.43. The predicted octanol–water partition coefficient (Wildman–Crippen LogP) is 1.26. The molecule has 0 saturated carbocycles. The summed E-state index contributed by atoms with van der Waals surface area (Å²) in [5, 5.41) is 48.4. The van der Waals surface area contributed by atoms with Crippen molar-refractivity contribution in [3.05, 3.63) is 49.8 Å². The second-order valence-electron chi connectivity index (χ2n) is 13.3. The van der Waals surface area contributed by atoms with Gasteiger partial charge in [0.05, 0.1) is 23.6 Å². The first-order valence-electron chi connectivity index (χ1n) is 16.0. The Labute approximate surface area is 276 Å². The van der Waals surface area contributed by atoms with Crippen molar-refractivity contribution >= 4 is 53.3 Å². The molecule has 8 atom stereocenters. The number of amides is 1. The van der Waals surface area contributed by atoms with E-state index >= 15 is 0 Å². The zero-order valence-corrected chi connectivity index (χ0v) is 28.2. The van der Waals surface area contributed by atoms with Crippen molar-refractivity contribution in [3.8, 4) is 0 Å². The van der Waals surface area contributed by atoms with Gasteiger partial charge in [0.1, 0.15) is 6.10 Å². The molecule has 248 valence electrons. The Balaban J connectivity index is 1.33. The van der Waals surface area contributed by atoms with Gasteiger partial charge in [-0.2, -0.15) is 0 Å². The van der Waals surface area contributed by atoms with E-state index < -0.39 is 24.1 Å². The Morgan fingerprint density at radius 2 is 1.78 bits per heavy atom. The van der Waals surface area contributed by atoms with E-state index in [-0.39, 0.29) is 60.9 Å². The van der Waals surface area contributed by atoms with Gasteiger partial charge in [0, 0.05) is 58.8 Å². The third-order valence-electron chi connectivity index (χ3n) is 10.5. The van der Waals surface area contributed by atoms with Crippen LogP contribution < -0.4 is 15.6 Å². The number of aliphatic carboxylic acids is 2. The number of thioether (sulfide) groups is 1. The highest BCUT2D eigenvalue weighted by Gasteiger charge is 2.56. The van der Waals surface area contributed by atoms with E-state index in [0.29, 0.717) is 29.5 Å². The van der Waals surface area contributed by atoms with Crippen LogP contribution in [-0.2, 0) is 32.6 Å². The van der Waals surface area contributed by atoms with Crippen LogP contribution >= 0.6 is 11.8 Å². The van der Waals surface area contributed by atoms with Gasteiger partial charge in [-0.05, 0) is 66.8 Å². The van der Waals surface area contributed by atoms with E-state index in [1.165, 1.54) is 16.7 Å². The topological polar surface area (TPSA) is 186 Å². The van der Waals surface area contributed by atoms with E-state index in [1.54, 1.807) is 11.8 Å². The Morgan fingerprint density at radius 3 is 2.41 bits per heavy atom. The number of rotatable bonds is 12. The Hall–Kier alpha value is -3.16. The quantitative estimate of drug-likeness (QED) is 0.0920. The third kappa shape index (κ3) is 6.37. The molecule has 0 spiro atoms. The van der Waals surface area contributed by atoms with E-state index in [4.69, 9.17) is 0 Å². The first-order valence-corrected chi connectivity index (χ1v) is 18.2. The minimum atomic E-state index is -0.995. The van der Waals surface area contributed by atoms with Crippen LogP contribution in [0.5, 0.6) is 0 Å². The smallest absolute Gasteiger partial charge is 0.363 e. The maximum atomic E-state index is 12.7. The number of hydrogen-bond donors (Lipinski definition) is 8. The summed E-state index contributed by atoms with van der Waals surface area (Å²) in [4.78, 5) is 43.8. The van der Waals surface area contributed by atoms with E-state index in [2.05, 4.69) is 27.5 Å². The van der Waals surface area contributed by atoms with Gasteiger partial charge in [-0.25, -0.2) is 4.99 Å². The van der Waals surface area contributed by atoms with Crippen LogP contribution in [0.2, 0.25) is 0 Å². The van der Waals surface area contributed by atoms with Crippen molar-refractivity contribution in [2.45, 2.75) is 89.3 Å². The fraction of sp³-hybridized carbons (Fsp3) is 0.576. The summed E-state index contributed by atoms with van der Waals surface area (Å²) in [7, 11) is 0. The Kier molecular flexibility index (Phi) is 9.12. The van der Waals surface area contributed by atoms with E-state index in [1.807, 2.05) is 26.8 Å². The van der Waals surface area contributed by atoms with Crippen molar-refractivity contribution in [1.29, 1.82) is 0 Å². The predicted molar refractivity (Wildman–Crippen MR) is 179 cm³/mol. The first-order chi connectivity index (χ1) is 21.8. The molecule has 11 nitrogen and oxygen atoms in total. The van der Waals surface area contributed by atoms with Gasteiger partial charge >= 0.3 is 17.8 Å². The molecule has 1 aromatic heterocycles. The standard InChI is InChI=1S/C33H42N4O7S2/c1-13-17(5-7-25(38)39)21(34-19(13)9-20-15(3)28(24-12-46-24)33(44)36-20)10-22-18(6-8-26(40)41)14(2)29(35-22)31(42)30-27(23-11-45-23)16(4)32(43)37-30/h10,15-16,19-20,23,27,30-31,34-35,42H,5-9,11-12H2,1-4H3,(H,36,44)(H,37,43)(H,38,39)(H,40,41)/p+2/b21-10+,28-24+/t15?,16-,19?,20-,23+,27+,30?,31+/m1/s1. The fourth-order valence-corrected chi connectivity index (χ4v) is 9.36. The van der Waals surface area contributed by atoms with Gasteiger partial charge in [-0.1, -0.05) is 13.8 Å². The van der Waals surface area contributed by atoms with Crippen LogP contribution in [0, 0.1) is 24.7 Å². The highest BCUT2D eigenvalue weighted by atomic mass is 32.2. The molecule has 5 aliphatic rings. The molecule has 5 aliphatic heterocycles. The molecule has 3 unspecified atom stereocenters. The summed E-state index contributed by atoms with van der Waals surface area (Å²) < 4.78 is 0. The second-order valence-corrected chi connectivity index (χ2v) is 15.8. The normalized spacial score (nSPS) is 33.3. The van der Waals surface area contributed by atoms with Crippen LogP contribution in [-0.4, -0.2) is 84.0 Å². The largest absolute Gasteiger partial charge is 0.481 e. The van der Waals surface area contributed by atoms with Crippen LogP contribution in [0.4, 0.5) is 0 Å². The number of aromatic amines is 1. The van der Waals surface area contributed by atoms with E-state index in [9.17, 15) is 34.8 Å². The lowest BCUT2D eigenvalue weighted by Crippen LogP contribution is -2.77.